The number of carbonyl (C=O) groups excluding carboxylic acids is 2. The Morgan fingerprint density at radius 1 is 1.04 bits per heavy atom. The fourth-order valence-corrected chi connectivity index (χ4v) is 11.0. The molecule has 45 heavy (non-hydrogen) atoms. The van der Waals surface area contributed by atoms with Crippen LogP contribution in [0.15, 0.2) is 23.3 Å². The summed E-state index contributed by atoms with van der Waals surface area (Å²) in [6.07, 6.45) is 0.417. The molecular formula is C34H48O11. The molecule has 3 aliphatic heterocycles. The Morgan fingerprint density at radius 2 is 1.80 bits per heavy atom. The van der Waals surface area contributed by atoms with Crippen LogP contribution < -0.4 is 0 Å². The number of allylic oxidation sites excluding steroid dienone is 1. The smallest absolute Gasteiger partial charge is 0.336 e. The minimum absolute atomic E-state index is 0.0362. The molecule has 3 heterocycles. The van der Waals surface area contributed by atoms with Crippen molar-refractivity contribution >= 4 is 11.8 Å². The first-order valence-corrected chi connectivity index (χ1v) is 16.7. The summed E-state index contributed by atoms with van der Waals surface area (Å²) in [6.45, 7) is 7.73. The van der Waals surface area contributed by atoms with E-state index in [1.165, 1.54) is 0 Å². The third-order valence-corrected chi connectivity index (χ3v) is 13.7. The number of ketones is 1. The SMILES string of the molecule is CC1=C(COC2OC(CO)C(O)C(O)C2O)C(=O)OC(C(C)C2CCC3C4CC5OC56C(O)C=CC(=O)C6(C)C4CCC23C)C1. The summed E-state index contributed by atoms with van der Waals surface area (Å²) in [6, 6.07) is 0. The maximum Gasteiger partial charge on any atom is 0.336 e. The van der Waals surface area contributed by atoms with Crippen molar-refractivity contribution < 1.29 is 54.1 Å². The highest BCUT2D eigenvalue weighted by Gasteiger charge is 2.80. The zero-order valence-corrected chi connectivity index (χ0v) is 26.5. The monoisotopic (exact) mass is 632 g/mol. The summed E-state index contributed by atoms with van der Waals surface area (Å²) >= 11 is 0. The Balaban J connectivity index is 1.03. The predicted octanol–water partition coefficient (Wildman–Crippen LogP) is 1.18. The highest BCUT2D eigenvalue weighted by molar-refractivity contribution is 5.98. The number of aliphatic hydroxyl groups is 5. The lowest BCUT2D eigenvalue weighted by atomic mass is 9.44. The molecule has 0 amide bonds. The number of rotatable bonds is 6. The summed E-state index contributed by atoms with van der Waals surface area (Å²) in [5.74, 6) is 0.994. The van der Waals surface area contributed by atoms with Gasteiger partial charge in [-0.25, -0.2) is 4.79 Å². The number of hydrogen-bond acceptors (Lipinski definition) is 11. The number of hydrogen-bond donors (Lipinski definition) is 5. The second-order valence-corrected chi connectivity index (χ2v) is 15.4. The molecule has 16 atom stereocenters. The van der Waals surface area contributed by atoms with E-state index < -0.39 is 60.4 Å². The van der Waals surface area contributed by atoms with Crippen LogP contribution >= 0.6 is 0 Å². The lowest BCUT2D eigenvalue weighted by molar-refractivity contribution is -0.299. The molecule has 0 aromatic heterocycles. The van der Waals surface area contributed by atoms with Gasteiger partial charge in [-0.1, -0.05) is 19.4 Å². The molecule has 2 saturated heterocycles. The molecule has 5 N–H and O–H groups in total. The Bertz CT molecular complexity index is 1290. The minimum Gasteiger partial charge on any atom is -0.458 e. The van der Waals surface area contributed by atoms with Gasteiger partial charge in [0.2, 0.25) is 0 Å². The second kappa shape index (κ2) is 10.9. The lowest BCUT2D eigenvalue weighted by Gasteiger charge is -2.58. The first-order valence-electron chi connectivity index (χ1n) is 16.7. The van der Waals surface area contributed by atoms with E-state index in [9.17, 15) is 35.1 Å². The van der Waals surface area contributed by atoms with Crippen LogP contribution in [-0.2, 0) is 28.5 Å². The standard InChI is InChI=1S/C34H48O11/c1-15-11-22(43-30(41)18(15)14-42-31-29(40)28(39)27(38)23(13-35)44-31)16(2)19-5-6-20-17-12-26-34(45-26)25(37)8-7-24(36)33(34,4)21(17)9-10-32(19,20)3/h7-8,16-17,19-23,25-29,31,35,37-40H,5-6,9-14H2,1-4H3. The third-order valence-electron chi connectivity index (χ3n) is 13.7. The lowest BCUT2D eigenvalue weighted by Crippen LogP contribution is -2.63. The predicted molar refractivity (Wildman–Crippen MR) is 157 cm³/mol. The fraction of sp³-hybridized carbons (Fsp3) is 0.824. The van der Waals surface area contributed by atoms with E-state index >= 15 is 0 Å². The van der Waals surface area contributed by atoms with Crippen LogP contribution in [-0.4, -0.2) is 105 Å². The zero-order chi connectivity index (χ0) is 32.2. The van der Waals surface area contributed by atoms with Crippen molar-refractivity contribution in [2.75, 3.05) is 13.2 Å². The highest BCUT2D eigenvalue weighted by atomic mass is 16.7. The maximum absolute atomic E-state index is 13.4. The van der Waals surface area contributed by atoms with Crippen LogP contribution in [0.25, 0.3) is 0 Å². The van der Waals surface area contributed by atoms with Gasteiger partial charge in [-0.15, -0.1) is 0 Å². The molecule has 0 bridgehead atoms. The summed E-state index contributed by atoms with van der Waals surface area (Å²) < 4.78 is 23.4. The molecule has 3 saturated carbocycles. The summed E-state index contributed by atoms with van der Waals surface area (Å²) in [7, 11) is 0. The van der Waals surface area contributed by atoms with Gasteiger partial charge < -0.3 is 44.5 Å². The van der Waals surface area contributed by atoms with Crippen LogP contribution in [0.2, 0.25) is 0 Å². The average molecular weight is 633 g/mol. The highest BCUT2D eigenvalue weighted by Crippen LogP contribution is 2.73. The summed E-state index contributed by atoms with van der Waals surface area (Å²) in [5.41, 5.74) is -0.281. The normalized spacial score (nSPS) is 52.8. The van der Waals surface area contributed by atoms with Crippen molar-refractivity contribution in [3.8, 4) is 0 Å². The van der Waals surface area contributed by atoms with Gasteiger partial charge in [0.05, 0.1) is 30.3 Å². The van der Waals surface area contributed by atoms with Crippen molar-refractivity contribution in [2.45, 2.75) is 121 Å². The quantitative estimate of drug-likeness (QED) is 0.210. The number of esters is 1. The molecule has 7 aliphatic rings. The summed E-state index contributed by atoms with van der Waals surface area (Å²) in [5, 5.41) is 50.8. The number of ether oxygens (including phenoxy) is 4. The van der Waals surface area contributed by atoms with Crippen LogP contribution in [0.1, 0.15) is 66.2 Å². The van der Waals surface area contributed by atoms with Crippen molar-refractivity contribution in [1.82, 2.24) is 0 Å². The molecule has 0 aromatic rings. The van der Waals surface area contributed by atoms with Crippen LogP contribution in [0.5, 0.6) is 0 Å². The van der Waals surface area contributed by atoms with Crippen molar-refractivity contribution in [3.05, 3.63) is 23.3 Å². The largest absolute Gasteiger partial charge is 0.458 e. The number of cyclic esters (lactones) is 1. The van der Waals surface area contributed by atoms with Gasteiger partial charge in [0.1, 0.15) is 42.2 Å². The minimum atomic E-state index is -1.56. The van der Waals surface area contributed by atoms with E-state index in [0.29, 0.717) is 29.7 Å². The van der Waals surface area contributed by atoms with Gasteiger partial charge >= 0.3 is 5.97 Å². The number of carbonyl (C=O) groups is 2. The van der Waals surface area contributed by atoms with Gasteiger partial charge in [-0.05, 0) is 93.1 Å². The number of fused-ring (bicyclic) bond motifs is 4. The molecular weight excluding hydrogens is 584 g/mol. The third kappa shape index (κ3) is 4.38. The van der Waals surface area contributed by atoms with E-state index in [-0.39, 0.29) is 41.8 Å². The van der Waals surface area contributed by atoms with E-state index in [0.717, 1.165) is 37.7 Å². The molecule has 11 nitrogen and oxygen atoms in total. The molecule has 5 fully saturated rings. The molecule has 0 radical (unpaired) electrons. The van der Waals surface area contributed by atoms with Crippen molar-refractivity contribution in [1.29, 1.82) is 0 Å². The van der Waals surface area contributed by atoms with Gasteiger partial charge in [-0.2, -0.15) is 0 Å². The van der Waals surface area contributed by atoms with E-state index in [2.05, 4.69) is 13.8 Å². The molecule has 250 valence electrons. The number of aliphatic hydroxyl groups excluding tert-OH is 5. The van der Waals surface area contributed by atoms with Crippen LogP contribution in [0, 0.1) is 40.4 Å². The Morgan fingerprint density at radius 3 is 2.51 bits per heavy atom. The van der Waals surface area contributed by atoms with Crippen LogP contribution in [0.4, 0.5) is 0 Å². The molecule has 16 unspecified atom stereocenters. The Kier molecular flexibility index (Phi) is 7.73. The summed E-state index contributed by atoms with van der Waals surface area (Å²) in [4.78, 5) is 26.7. The van der Waals surface area contributed by atoms with Crippen molar-refractivity contribution in [3.63, 3.8) is 0 Å². The van der Waals surface area contributed by atoms with Gasteiger partial charge in [0, 0.05) is 6.42 Å². The van der Waals surface area contributed by atoms with Crippen molar-refractivity contribution in [2.24, 2.45) is 40.4 Å². The fourth-order valence-electron chi connectivity index (χ4n) is 11.0. The number of epoxide rings is 1. The average Bonchev–Trinajstić information content (AvgIpc) is 3.64. The zero-order valence-electron chi connectivity index (χ0n) is 26.5. The second-order valence-electron chi connectivity index (χ2n) is 15.4. The molecule has 11 heteroatoms. The first kappa shape index (κ1) is 31.9. The molecule has 1 spiro atoms. The van der Waals surface area contributed by atoms with Gasteiger partial charge in [0.25, 0.3) is 0 Å². The van der Waals surface area contributed by atoms with E-state index in [1.54, 1.807) is 12.2 Å². The van der Waals surface area contributed by atoms with Gasteiger partial charge in [0.15, 0.2) is 12.1 Å². The van der Waals surface area contributed by atoms with Gasteiger partial charge in [-0.3, -0.25) is 4.79 Å². The topological polar surface area (TPSA) is 176 Å². The maximum atomic E-state index is 13.4. The Hall–Kier alpha value is -1.70. The van der Waals surface area contributed by atoms with E-state index in [1.807, 2.05) is 13.8 Å². The molecule has 4 aliphatic carbocycles. The first-order chi connectivity index (χ1) is 21.3. The molecule has 0 aromatic carbocycles. The van der Waals surface area contributed by atoms with E-state index in [4.69, 9.17) is 18.9 Å². The molecule has 7 rings (SSSR count). The van der Waals surface area contributed by atoms with Crippen LogP contribution in [0.3, 0.4) is 0 Å². The Labute approximate surface area is 263 Å².